The summed E-state index contributed by atoms with van der Waals surface area (Å²) in [5, 5.41) is 0. The monoisotopic (exact) mass is 338 g/mol. The second-order valence-electron chi connectivity index (χ2n) is 6.56. The molecule has 0 N–H and O–H groups in total. The van der Waals surface area contributed by atoms with E-state index in [4.69, 9.17) is 4.74 Å². The summed E-state index contributed by atoms with van der Waals surface area (Å²) < 4.78 is 5.82. The van der Waals surface area contributed by atoms with Crippen LogP contribution in [-0.4, -0.2) is 30.5 Å². The van der Waals surface area contributed by atoms with E-state index < -0.39 is 0 Å². The highest BCUT2D eigenvalue weighted by Crippen LogP contribution is 2.11. The van der Waals surface area contributed by atoms with Gasteiger partial charge in [0.2, 0.25) is 0 Å². The van der Waals surface area contributed by atoms with Crippen LogP contribution >= 0.6 is 0 Å². The molecular formula is C21H26N2O2. The normalized spacial score (nSPS) is 11.5. The molecule has 25 heavy (non-hydrogen) atoms. The van der Waals surface area contributed by atoms with Crippen molar-refractivity contribution in [1.29, 1.82) is 0 Å². The molecule has 1 amide bonds. The van der Waals surface area contributed by atoms with Crippen molar-refractivity contribution in [3.63, 3.8) is 0 Å². The van der Waals surface area contributed by atoms with E-state index >= 15 is 0 Å². The van der Waals surface area contributed by atoms with Gasteiger partial charge in [0.25, 0.3) is 11.9 Å². The van der Waals surface area contributed by atoms with Crippen molar-refractivity contribution in [2.24, 2.45) is 10.9 Å². The first-order valence-corrected chi connectivity index (χ1v) is 8.54. The van der Waals surface area contributed by atoms with Gasteiger partial charge in [0.1, 0.15) is 0 Å². The summed E-state index contributed by atoms with van der Waals surface area (Å²) in [7, 11) is 1.89. The van der Waals surface area contributed by atoms with Gasteiger partial charge in [-0.05, 0) is 30.0 Å². The summed E-state index contributed by atoms with van der Waals surface area (Å²) in [5.41, 5.74) is 2.64. The van der Waals surface area contributed by atoms with Gasteiger partial charge in [-0.3, -0.25) is 4.79 Å². The maximum Gasteiger partial charge on any atom is 0.295 e. The highest BCUT2D eigenvalue weighted by atomic mass is 16.5. The first kappa shape index (κ1) is 18.7. The minimum absolute atomic E-state index is 0.281. The van der Waals surface area contributed by atoms with Crippen molar-refractivity contribution in [1.82, 2.24) is 4.90 Å². The van der Waals surface area contributed by atoms with Crippen LogP contribution in [0.3, 0.4) is 0 Å². The number of amidine groups is 1. The van der Waals surface area contributed by atoms with Crippen LogP contribution in [0, 0.1) is 12.8 Å². The van der Waals surface area contributed by atoms with E-state index in [2.05, 4.69) is 18.8 Å². The molecule has 0 bridgehead atoms. The number of amides is 1. The minimum Gasteiger partial charge on any atom is -0.465 e. The van der Waals surface area contributed by atoms with Gasteiger partial charge in [-0.25, -0.2) is 0 Å². The van der Waals surface area contributed by atoms with Crippen LogP contribution in [0.25, 0.3) is 0 Å². The van der Waals surface area contributed by atoms with Gasteiger partial charge in [0.05, 0.1) is 6.61 Å². The summed E-state index contributed by atoms with van der Waals surface area (Å²) >= 11 is 0. The summed E-state index contributed by atoms with van der Waals surface area (Å²) in [5.74, 6) is 0.0701. The molecule has 0 saturated carbocycles. The number of hydrogen-bond acceptors (Lipinski definition) is 2. The predicted octanol–water partition coefficient (Wildman–Crippen LogP) is 4.30. The van der Waals surface area contributed by atoms with E-state index in [-0.39, 0.29) is 5.91 Å². The lowest BCUT2D eigenvalue weighted by Gasteiger charge is -2.22. The molecule has 2 aromatic carbocycles. The maximum atomic E-state index is 12.6. The fourth-order valence-corrected chi connectivity index (χ4v) is 2.35. The van der Waals surface area contributed by atoms with Gasteiger partial charge >= 0.3 is 0 Å². The number of carbonyl (C=O) groups excluding carboxylic acids is 1. The number of rotatable bonds is 5. The average molecular weight is 338 g/mol. The van der Waals surface area contributed by atoms with Crippen molar-refractivity contribution >= 4 is 11.9 Å². The fraction of sp³-hybridized carbons (Fsp3) is 0.333. The van der Waals surface area contributed by atoms with Crippen LogP contribution in [0.1, 0.15) is 35.3 Å². The lowest BCUT2D eigenvalue weighted by Crippen LogP contribution is -2.30. The Morgan fingerprint density at radius 3 is 2.36 bits per heavy atom. The summed E-state index contributed by atoms with van der Waals surface area (Å²) in [6.07, 6.45) is 0. The average Bonchev–Trinajstić information content (AvgIpc) is 2.59. The lowest BCUT2D eigenvalue weighted by molar-refractivity contribution is 0.0992. The Hall–Kier alpha value is -2.62. The number of carbonyl (C=O) groups is 1. The highest BCUT2D eigenvalue weighted by Gasteiger charge is 2.15. The molecule has 0 aliphatic rings. The van der Waals surface area contributed by atoms with E-state index in [9.17, 15) is 4.79 Å². The van der Waals surface area contributed by atoms with Crippen molar-refractivity contribution in [3.05, 3.63) is 71.3 Å². The Morgan fingerprint density at radius 1 is 1.08 bits per heavy atom. The summed E-state index contributed by atoms with van der Waals surface area (Å²) in [4.78, 5) is 18.7. The number of aryl methyl sites for hydroxylation is 1. The second-order valence-corrected chi connectivity index (χ2v) is 6.56. The molecule has 2 aromatic rings. The Kier molecular flexibility index (Phi) is 6.75. The molecule has 0 aliphatic carbocycles. The van der Waals surface area contributed by atoms with Gasteiger partial charge in [-0.15, -0.1) is 0 Å². The number of hydrogen-bond donors (Lipinski definition) is 0. The first-order chi connectivity index (χ1) is 12.0. The number of aliphatic imine (C=N–C) groups is 1. The van der Waals surface area contributed by atoms with Crippen LogP contribution in [0.4, 0.5) is 0 Å². The molecule has 0 unspecified atom stereocenters. The van der Waals surface area contributed by atoms with Gasteiger partial charge in [0.15, 0.2) is 0 Å². The van der Waals surface area contributed by atoms with Gasteiger partial charge in [0, 0.05) is 19.2 Å². The Morgan fingerprint density at radius 2 is 1.72 bits per heavy atom. The second kappa shape index (κ2) is 9.02. The van der Waals surface area contributed by atoms with Crippen molar-refractivity contribution in [2.75, 3.05) is 13.7 Å². The molecule has 0 fully saturated rings. The zero-order valence-corrected chi connectivity index (χ0v) is 15.4. The van der Waals surface area contributed by atoms with E-state index in [0.29, 0.717) is 30.7 Å². The minimum atomic E-state index is -0.281. The Bertz CT molecular complexity index is 724. The van der Waals surface area contributed by atoms with E-state index in [1.165, 1.54) is 0 Å². The first-order valence-electron chi connectivity index (χ1n) is 8.54. The Labute approximate surface area is 150 Å². The van der Waals surface area contributed by atoms with Crippen molar-refractivity contribution < 1.29 is 9.53 Å². The molecule has 0 aliphatic heterocycles. The van der Waals surface area contributed by atoms with Gasteiger partial charge in [-0.1, -0.05) is 62.4 Å². The molecule has 0 radical (unpaired) electrons. The van der Waals surface area contributed by atoms with E-state index in [1.807, 2.05) is 67.4 Å². The molecule has 0 atom stereocenters. The van der Waals surface area contributed by atoms with Crippen LogP contribution < -0.4 is 0 Å². The highest BCUT2D eigenvalue weighted by molar-refractivity contribution is 6.02. The third kappa shape index (κ3) is 5.75. The largest absolute Gasteiger partial charge is 0.465 e. The van der Waals surface area contributed by atoms with E-state index in [0.717, 1.165) is 11.1 Å². The third-order valence-electron chi connectivity index (χ3n) is 3.71. The molecule has 4 nitrogen and oxygen atoms in total. The number of ether oxygens (including phenoxy) is 1. The summed E-state index contributed by atoms with van der Waals surface area (Å²) in [6.45, 7) is 7.18. The molecule has 132 valence electrons. The van der Waals surface area contributed by atoms with Crippen LogP contribution in [0.5, 0.6) is 0 Å². The predicted molar refractivity (Wildman–Crippen MR) is 102 cm³/mol. The van der Waals surface area contributed by atoms with Crippen LogP contribution in [0.2, 0.25) is 0 Å². The number of benzene rings is 2. The zero-order chi connectivity index (χ0) is 18.2. The molecule has 2 rings (SSSR count). The van der Waals surface area contributed by atoms with Crippen molar-refractivity contribution in [3.8, 4) is 0 Å². The number of nitrogens with zero attached hydrogens (tertiary/aromatic N) is 2. The fourth-order valence-electron chi connectivity index (χ4n) is 2.35. The van der Waals surface area contributed by atoms with Gasteiger partial charge < -0.3 is 9.64 Å². The molecule has 0 saturated heterocycles. The third-order valence-corrected chi connectivity index (χ3v) is 3.71. The van der Waals surface area contributed by atoms with E-state index in [1.54, 1.807) is 6.07 Å². The quantitative estimate of drug-likeness (QED) is 0.603. The molecule has 4 heteroatoms. The van der Waals surface area contributed by atoms with Crippen LogP contribution in [-0.2, 0) is 11.3 Å². The molecule has 0 spiro atoms. The standard InChI is InChI=1S/C21H26N2O2/c1-16(2)15-25-21(23(4)14-18-11-6-5-7-12-18)22-20(24)19-13-9-8-10-17(19)3/h5-13,16H,14-15H2,1-4H3. The molecule has 0 aromatic heterocycles. The van der Waals surface area contributed by atoms with Crippen LogP contribution in [0.15, 0.2) is 59.6 Å². The Balaban J connectivity index is 2.22. The summed E-state index contributed by atoms with van der Waals surface area (Å²) in [6, 6.07) is 17.9. The molecule has 0 heterocycles. The molecular weight excluding hydrogens is 312 g/mol. The topological polar surface area (TPSA) is 41.9 Å². The maximum absolute atomic E-state index is 12.6. The zero-order valence-electron chi connectivity index (χ0n) is 15.4. The van der Waals surface area contributed by atoms with Gasteiger partial charge in [-0.2, -0.15) is 4.99 Å². The smallest absolute Gasteiger partial charge is 0.295 e. The SMILES string of the molecule is Cc1ccccc1C(=O)N=C(OCC(C)C)N(C)Cc1ccccc1. The lowest BCUT2D eigenvalue weighted by atomic mass is 10.1. The van der Waals surface area contributed by atoms with Crippen molar-refractivity contribution in [2.45, 2.75) is 27.3 Å².